The summed E-state index contributed by atoms with van der Waals surface area (Å²) in [6, 6.07) is 7.11. The molecule has 0 fully saturated rings. The number of hydrogen-bond acceptors (Lipinski definition) is 7. The van der Waals surface area contributed by atoms with Gasteiger partial charge >= 0.3 is 0 Å². The largest absolute Gasteiger partial charge is 0.497 e. The van der Waals surface area contributed by atoms with Crippen LogP contribution in [-0.2, 0) is 4.79 Å². The molecule has 2 rings (SSSR count). The third kappa shape index (κ3) is 4.60. The lowest BCUT2D eigenvalue weighted by molar-refractivity contribution is -0.122. The van der Waals surface area contributed by atoms with Crippen molar-refractivity contribution >= 4 is 34.1 Å². The number of carbonyl (C=O) groups is 1. The van der Waals surface area contributed by atoms with Gasteiger partial charge in [0.25, 0.3) is 5.91 Å². The van der Waals surface area contributed by atoms with Crippen LogP contribution >= 0.6 is 23.1 Å². The van der Waals surface area contributed by atoms with Gasteiger partial charge in [-0.2, -0.15) is 0 Å². The van der Waals surface area contributed by atoms with E-state index in [-0.39, 0.29) is 5.91 Å². The van der Waals surface area contributed by atoms with Crippen molar-refractivity contribution < 1.29 is 14.3 Å². The number of thioether (sulfide) groups is 1. The minimum atomic E-state index is -0.654. The van der Waals surface area contributed by atoms with E-state index in [1.54, 1.807) is 44.0 Å². The minimum Gasteiger partial charge on any atom is -0.497 e. The summed E-state index contributed by atoms with van der Waals surface area (Å²) in [7, 11) is 1.58. The lowest BCUT2D eigenvalue weighted by atomic mass is 10.3. The van der Waals surface area contributed by atoms with Gasteiger partial charge in [0, 0.05) is 6.07 Å². The first-order valence-corrected chi connectivity index (χ1v) is 8.50. The summed E-state index contributed by atoms with van der Waals surface area (Å²) in [6.07, 6.45) is -0.654. The number of ether oxygens (including phenoxy) is 2. The van der Waals surface area contributed by atoms with E-state index >= 15 is 0 Å². The predicted molar refractivity (Wildman–Crippen MR) is 88.0 cm³/mol. The molecule has 118 valence electrons. The highest BCUT2D eigenvalue weighted by Crippen LogP contribution is 2.25. The maximum absolute atomic E-state index is 12.1. The zero-order valence-electron chi connectivity index (χ0n) is 12.5. The predicted octanol–water partition coefficient (Wildman–Crippen LogP) is 3.06. The van der Waals surface area contributed by atoms with Crippen LogP contribution in [0.5, 0.6) is 11.5 Å². The number of hydrogen-bond donors (Lipinski definition) is 1. The van der Waals surface area contributed by atoms with Crippen LogP contribution in [0.3, 0.4) is 0 Å². The number of rotatable bonds is 7. The molecule has 1 N–H and O–H groups in total. The van der Waals surface area contributed by atoms with Crippen molar-refractivity contribution in [1.82, 2.24) is 10.2 Å². The van der Waals surface area contributed by atoms with Gasteiger partial charge < -0.3 is 9.47 Å². The van der Waals surface area contributed by atoms with Crippen molar-refractivity contribution in [3.63, 3.8) is 0 Å². The summed E-state index contributed by atoms with van der Waals surface area (Å²) >= 11 is 2.94. The third-order valence-electron chi connectivity index (χ3n) is 2.63. The molecule has 0 saturated carbocycles. The number of aromatic nitrogens is 2. The average molecular weight is 339 g/mol. The molecule has 0 saturated heterocycles. The highest BCUT2D eigenvalue weighted by atomic mass is 32.2. The van der Waals surface area contributed by atoms with Gasteiger partial charge in [-0.15, -0.1) is 10.2 Å². The monoisotopic (exact) mass is 339 g/mol. The first kappa shape index (κ1) is 16.6. The van der Waals surface area contributed by atoms with Gasteiger partial charge in [-0.1, -0.05) is 36.1 Å². The van der Waals surface area contributed by atoms with E-state index in [1.165, 1.54) is 11.3 Å². The van der Waals surface area contributed by atoms with Crippen LogP contribution < -0.4 is 14.8 Å². The van der Waals surface area contributed by atoms with E-state index in [0.717, 1.165) is 10.1 Å². The average Bonchev–Trinajstić information content (AvgIpc) is 2.95. The second-order valence-corrected chi connectivity index (χ2v) is 6.72. The van der Waals surface area contributed by atoms with E-state index in [1.807, 2.05) is 13.0 Å². The lowest BCUT2D eigenvalue weighted by Gasteiger charge is -2.14. The van der Waals surface area contributed by atoms with Crippen LogP contribution in [0.15, 0.2) is 28.6 Å². The van der Waals surface area contributed by atoms with Crippen molar-refractivity contribution in [3.05, 3.63) is 24.3 Å². The molecule has 1 heterocycles. The van der Waals surface area contributed by atoms with Gasteiger partial charge in [-0.05, 0) is 24.8 Å². The van der Waals surface area contributed by atoms with Gasteiger partial charge in [-0.3, -0.25) is 10.1 Å². The summed E-state index contributed by atoms with van der Waals surface area (Å²) in [4.78, 5) is 12.1. The van der Waals surface area contributed by atoms with E-state index in [9.17, 15) is 4.79 Å². The number of nitrogens with zero attached hydrogens (tertiary/aromatic N) is 2. The Kier molecular flexibility index (Phi) is 6.02. The van der Waals surface area contributed by atoms with Crippen LogP contribution in [0, 0.1) is 0 Å². The zero-order chi connectivity index (χ0) is 15.9. The van der Waals surface area contributed by atoms with Crippen molar-refractivity contribution in [2.24, 2.45) is 0 Å². The number of nitrogens with one attached hydrogen (secondary N) is 1. The lowest BCUT2D eigenvalue weighted by Crippen LogP contribution is -2.30. The molecular weight excluding hydrogens is 322 g/mol. The molecule has 0 radical (unpaired) electrons. The standard InChI is InChI=1S/C14H17N3O3S2/c1-4-21-14-17-16-13(22-14)15-12(18)9(2)20-11-7-5-6-10(8-11)19-3/h5-9H,4H2,1-3H3,(H,15,16,18)/t9-/m0/s1. The molecule has 1 atom stereocenters. The Morgan fingerprint density at radius 2 is 2.18 bits per heavy atom. The Balaban J connectivity index is 1.93. The van der Waals surface area contributed by atoms with E-state index < -0.39 is 6.10 Å². The molecule has 0 aliphatic heterocycles. The summed E-state index contributed by atoms with van der Waals surface area (Å²) < 4.78 is 11.6. The number of benzene rings is 1. The molecule has 0 unspecified atom stereocenters. The highest BCUT2D eigenvalue weighted by Gasteiger charge is 2.17. The molecule has 1 aromatic heterocycles. The normalized spacial score (nSPS) is 11.8. The van der Waals surface area contributed by atoms with Crippen LogP contribution in [-0.4, -0.2) is 35.1 Å². The first-order valence-electron chi connectivity index (χ1n) is 6.70. The fraction of sp³-hybridized carbons (Fsp3) is 0.357. The van der Waals surface area contributed by atoms with Gasteiger partial charge in [0.1, 0.15) is 11.5 Å². The maximum atomic E-state index is 12.1. The second-order valence-electron chi connectivity index (χ2n) is 4.23. The minimum absolute atomic E-state index is 0.271. The van der Waals surface area contributed by atoms with Crippen molar-refractivity contribution in [1.29, 1.82) is 0 Å². The number of methoxy groups -OCH3 is 1. The molecule has 0 aliphatic carbocycles. The molecule has 0 aliphatic rings. The van der Waals surface area contributed by atoms with Gasteiger partial charge in [0.15, 0.2) is 10.4 Å². The summed E-state index contributed by atoms with van der Waals surface area (Å²) in [6.45, 7) is 3.71. The molecule has 1 aromatic carbocycles. The second kappa shape index (κ2) is 8.00. The smallest absolute Gasteiger partial charge is 0.266 e. The molecule has 8 heteroatoms. The Hall–Kier alpha value is -1.80. The molecule has 1 amide bonds. The Morgan fingerprint density at radius 1 is 1.41 bits per heavy atom. The van der Waals surface area contributed by atoms with Crippen LogP contribution in [0.2, 0.25) is 0 Å². The van der Waals surface area contributed by atoms with Gasteiger partial charge in [0.05, 0.1) is 7.11 Å². The third-order valence-corrected chi connectivity index (χ3v) is 4.48. The van der Waals surface area contributed by atoms with Crippen molar-refractivity contribution in [2.75, 3.05) is 18.2 Å². The molecule has 6 nitrogen and oxygen atoms in total. The van der Waals surface area contributed by atoms with Gasteiger partial charge in [0.2, 0.25) is 5.13 Å². The SMILES string of the molecule is CCSc1nnc(NC(=O)[C@H](C)Oc2cccc(OC)c2)s1. The van der Waals surface area contributed by atoms with Crippen LogP contribution in [0.1, 0.15) is 13.8 Å². The fourth-order valence-corrected chi connectivity index (χ4v) is 3.23. The quantitative estimate of drug-likeness (QED) is 0.617. The molecule has 2 aromatic rings. The Labute approximate surface area is 137 Å². The number of amides is 1. The zero-order valence-corrected chi connectivity index (χ0v) is 14.2. The van der Waals surface area contributed by atoms with E-state index in [4.69, 9.17) is 9.47 Å². The van der Waals surface area contributed by atoms with Gasteiger partial charge in [-0.25, -0.2) is 0 Å². The Morgan fingerprint density at radius 3 is 2.91 bits per heavy atom. The molecule has 0 bridgehead atoms. The Bertz CT molecular complexity index is 633. The van der Waals surface area contributed by atoms with E-state index in [0.29, 0.717) is 16.6 Å². The number of carbonyl (C=O) groups excluding carboxylic acids is 1. The maximum Gasteiger partial charge on any atom is 0.266 e. The topological polar surface area (TPSA) is 73.3 Å². The summed E-state index contributed by atoms with van der Waals surface area (Å²) in [5.41, 5.74) is 0. The highest BCUT2D eigenvalue weighted by molar-refractivity contribution is 8.01. The summed E-state index contributed by atoms with van der Waals surface area (Å²) in [5, 5.41) is 11.1. The van der Waals surface area contributed by atoms with Crippen molar-refractivity contribution in [3.8, 4) is 11.5 Å². The fourth-order valence-electron chi connectivity index (χ4n) is 1.58. The molecular formula is C14H17N3O3S2. The van der Waals surface area contributed by atoms with Crippen LogP contribution in [0.25, 0.3) is 0 Å². The number of anilines is 1. The summed E-state index contributed by atoms with van der Waals surface area (Å²) in [5.74, 6) is 1.89. The first-order chi connectivity index (χ1) is 10.6. The molecule has 0 spiro atoms. The van der Waals surface area contributed by atoms with E-state index in [2.05, 4.69) is 15.5 Å². The molecule has 22 heavy (non-hydrogen) atoms. The van der Waals surface area contributed by atoms with Crippen molar-refractivity contribution in [2.45, 2.75) is 24.3 Å². The van der Waals surface area contributed by atoms with Crippen LogP contribution in [0.4, 0.5) is 5.13 Å².